The fourth-order valence-corrected chi connectivity index (χ4v) is 5.09. The lowest BCUT2D eigenvalue weighted by atomic mass is 9.94. The van der Waals surface area contributed by atoms with Crippen LogP contribution < -0.4 is 0 Å². The summed E-state index contributed by atoms with van der Waals surface area (Å²) < 4.78 is 13.2. The molecular formula is C22H35NO3Si. The molecule has 0 N–H and O–H groups in total. The second-order valence-electron chi connectivity index (χ2n) is 9.50. The summed E-state index contributed by atoms with van der Waals surface area (Å²) in [7, 11) is -1.91. The number of nitrogens with zero attached hydrogens (tertiary/aromatic N) is 1. The van der Waals surface area contributed by atoms with E-state index in [0.717, 1.165) is 24.8 Å². The normalized spacial score (nSPS) is 29.1. The van der Waals surface area contributed by atoms with Gasteiger partial charge in [0.15, 0.2) is 8.32 Å². The maximum Gasteiger partial charge on any atom is 0.225 e. The van der Waals surface area contributed by atoms with Crippen LogP contribution in [0.4, 0.5) is 0 Å². The van der Waals surface area contributed by atoms with E-state index in [1.165, 1.54) is 0 Å². The van der Waals surface area contributed by atoms with Gasteiger partial charge in [-0.3, -0.25) is 4.79 Å². The number of ether oxygens (including phenoxy) is 1. The molecule has 0 spiro atoms. The van der Waals surface area contributed by atoms with E-state index in [1.54, 1.807) is 0 Å². The van der Waals surface area contributed by atoms with Crippen LogP contribution in [0.3, 0.4) is 0 Å². The summed E-state index contributed by atoms with van der Waals surface area (Å²) in [6, 6.07) is 10.3. The summed E-state index contributed by atoms with van der Waals surface area (Å²) in [5, 5.41) is 0.141. The number of carbonyl (C=O) groups excluding carboxylic acids is 1. The van der Waals surface area contributed by atoms with E-state index in [9.17, 15) is 4.79 Å². The van der Waals surface area contributed by atoms with E-state index in [0.29, 0.717) is 13.0 Å². The van der Waals surface area contributed by atoms with Gasteiger partial charge in [-0.05, 0) is 43.0 Å². The van der Waals surface area contributed by atoms with Gasteiger partial charge in [0.1, 0.15) is 11.8 Å². The topological polar surface area (TPSA) is 38.8 Å². The third kappa shape index (κ3) is 3.74. The molecule has 3 rings (SSSR count). The van der Waals surface area contributed by atoms with Gasteiger partial charge >= 0.3 is 0 Å². The van der Waals surface area contributed by atoms with Crippen molar-refractivity contribution < 1.29 is 14.0 Å². The quantitative estimate of drug-likeness (QED) is 0.644. The van der Waals surface area contributed by atoms with Crippen LogP contribution in [0.2, 0.25) is 18.1 Å². The van der Waals surface area contributed by atoms with E-state index in [4.69, 9.17) is 9.16 Å². The molecule has 1 amide bonds. The number of benzene rings is 1. The molecule has 2 heterocycles. The van der Waals surface area contributed by atoms with E-state index in [2.05, 4.69) is 52.9 Å². The molecule has 2 aliphatic heterocycles. The van der Waals surface area contributed by atoms with E-state index in [-0.39, 0.29) is 23.1 Å². The Bertz CT molecular complexity index is 670. The van der Waals surface area contributed by atoms with Gasteiger partial charge in [0.25, 0.3) is 0 Å². The van der Waals surface area contributed by atoms with Crippen LogP contribution in [-0.2, 0) is 14.0 Å². The van der Waals surface area contributed by atoms with Crippen molar-refractivity contribution in [2.45, 2.75) is 89.4 Å². The molecule has 2 saturated heterocycles. The molecule has 150 valence electrons. The Morgan fingerprint density at radius 1 is 1.26 bits per heavy atom. The summed E-state index contributed by atoms with van der Waals surface area (Å²) in [6.45, 7) is 14.0. The fraction of sp³-hybridized carbons (Fsp3) is 0.682. The lowest BCUT2D eigenvalue weighted by Gasteiger charge is -2.43. The summed E-state index contributed by atoms with van der Waals surface area (Å²) in [4.78, 5) is 15.0. The van der Waals surface area contributed by atoms with Crippen molar-refractivity contribution in [3.8, 4) is 0 Å². The van der Waals surface area contributed by atoms with Gasteiger partial charge in [-0.25, -0.2) is 0 Å². The number of carbonyl (C=O) groups is 1. The monoisotopic (exact) mass is 389 g/mol. The molecular weight excluding hydrogens is 354 g/mol. The molecule has 2 fully saturated rings. The Balaban J connectivity index is 1.93. The first-order valence-corrected chi connectivity index (χ1v) is 13.2. The second-order valence-corrected chi connectivity index (χ2v) is 14.3. The molecule has 0 unspecified atom stereocenters. The number of rotatable bonds is 5. The van der Waals surface area contributed by atoms with Gasteiger partial charge in [-0.15, -0.1) is 0 Å². The van der Waals surface area contributed by atoms with Crippen LogP contribution in [0.1, 0.15) is 65.0 Å². The molecule has 0 radical (unpaired) electrons. The molecule has 4 nitrogen and oxygen atoms in total. The number of piperidine rings is 1. The van der Waals surface area contributed by atoms with Gasteiger partial charge in [0.05, 0.1) is 12.6 Å². The molecule has 2 aliphatic rings. The fourth-order valence-electron chi connectivity index (χ4n) is 4.07. The summed E-state index contributed by atoms with van der Waals surface area (Å²) in [5.74, 6) is 0.213. The average Bonchev–Trinajstić information content (AvgIpc) is 2.96. The van der Waals surface area contributed by atoms with Gasteiger partial charge in [-0.1, -0.05) is 58.0 Å². The molecule has 0 aromatic heterocycles. The molecule has 0 saturated carbocycles. The second kappa shape index (κ2) is 7.34. The van der Waals surface area contributed by atoms with E-state index in [1.807, 2.05) is 23.1 Å². The zero-order valence-corrected chi connectivity index (χ0v) is 18.7. The van der Waals surface area contributed by atoms with Crippen LogP contribution in [-0.4, -0.2) is 37.5 Å². The molecule has 27 heavy (non-hydrogen) atoms. The van der Waals surface area contributed by atoms with Crippen molar-refractivity contribution in [2.24, 2.45) is 0 Å². The number of amides is 1. The standard InChI is InChI=1S/C22H35NO3Si/c1-7-22-15-11-14-19(24)23(22)18(16-25-27(5,6)21(2,3)4)20(26-22)17-12-9-8-10-13-17/h8-10,12-13,18,20H,7,11,14-16H2,1-6H3/t18-,20-,22+/m0/s1. The molecule has 3 atom stereocenters. The van der Waals surface area contributed by atoms with Gasteiger partial charge < -0.3 is 14.1 Å². The molecule has 1 aromatic carbocycles. The van der Waals surface area contributed by atoms with Crippen molar-refractivity contribution in [2.75, 3.05) is 6.61 Å². The number of fused-ring (bicyclic) bond motifs is 1. The number of hydrogen-bond donors (Lipinski definition) is 0. The highest BCUT2D eigenvalue weighted by Crippen LogP contribution is 2.48. The predicted molar refractivity (Wildman–Crippen MR) is 111 cm³/mol. The molecule has 5 heteroatoms. The first-order chi connectivity index (χ1) is 12.6. The zero-order chi connectivity index (χ0) is 19.9. The summed E-state index contributed by atoms with van der Waals surface area (Å²) in [6.07, 6.45) is 3.12. The van der Waals surface area contributed by atoms with Gasteiger partial charge in [0.2, 0.25) is 5.91 Å². The minimum atomic E-state index is -1.91. The third-order valence-electron chi connectivity index (χ3n) is 6.79. The summed E-state index contributed by atoms with van der Waals surface area (Å²) >= 11 is 0. The van der Waals surface area contributed by atoms with E-state index >= 15 is 0 Å². The van der Waals surface area contributed by atoms with Crippen LogP contribution in [0.15, 0.2) is 30.3 Å². The molecule has 0 bridgehead atoms. The Labute approximate surface area is 165 Å². The van der Waals surface area contributed by atoms with E-state index < -0.39 is 14.0 Å². The largest absolute Gasteiger partial charge is 0.415 e. The van der Waals surface area contributed by atoms with Crippen molar-refractivity contribution in [3.63, 3.8) is 0 Å². The first-order valence-electron chi connectivity index (χ1n) is 10.3. The van der Waals surface area contributed by atoms with Crippen molar-refractivity contribution in [1.82, 2.24) is 4.90 Å². The van der Waals surface area contributed by atoms with Crippen molar-refractivity contribution >= 4 is 14.2 Å². The van der Waals surface area contributed by atoms with Gasteiger partial charge in [0, 0.05) is 6.42 Å². The van der Waals surface area contributed by atoms with Gasteiger partial charge in [-0.2, -0.15) is 0 Å². The Hall–Kier alpha value is -1.17. The highest BCUT2D eigenvalue weighted by atomic mass is 28.4. The van der Waals surface area contributed by atoms with Crippen LogP contribution in [0.5, 0.6) is 0 Å². The van der Waals surface area contributed by atoms with Crippen LogP contribution in [0.25, 0.3) is 0 Å². The highest BCUT2D eigenvalue weighted by Gasteiger charge is 2.56. The average molecular weight is 390 g/mol. The van der Waals surface area contributed by atoms with Crippen LogP contribution >= 0.6 is 0 Å². The Kier molecular flexibility index (Phi) is 5.59. The zero-order valence-electron chi connectivity index (χ0n) is 17.7. The molecule has 1 aromatic rings. The third-order valence-corrected chi connectivity index (χ3v) is 11.3. The van der Waals surface area contributed by atoms with Crippen molar-refractivity contribution in [1.29, 1.82) is 0 Å². The lowest BCUT2D eigenvalue weighted by molar-refractivity contribution is -0.165. The lowest BCUT2D eigenvalue weighted by Crippen LogP contribution is -2.56. The Morgan fingerprint density at radius 2 is 1.93 bits per heavy atom. The first kappa shape index (κ1) is 20.6. The number of hydrogen-bond acceptors (Lipinski definition) is 3. The van der Waals surface area contributed by atoms with Crippen molar-refractivity contribution in [3.05, 3.63) is 35.9 Å². The smallest absolute Gasteiger partial charge is 0.225 e. The maximum atomic E-state index is 13.0. The predicted octanol–water partition coefficient (Wildman–Crippen LogP) is 5.27. The minimum absolute atomic E-state index is 0.0609. The maximum absolute atomic E-state index is 13.0. The van der Waals surface area contributed by atoms with Crippen LogP contribution in [0, 0.1) is 0 Å². The SMILES string of the molecule is CC[C@@]12CCCC(=O)N1[C@@H](CO[Si](C)(C)C(C)(C)C)[C@H](c1ccccc1)O2. The minimum Gasteiger partial charge on any atom is -0.415 e. The summed E-state index contributed by atoms with van der Waals surface area (Å²) in [5.41, 5.74) is 0.661. The highest BCUT2D eigenvalue weighted by molar-refractivity contribution is 6.74. The molecule has 0 aliphatic carbocycles. The Morgan fingerprint density at radius 3 is 2.52 bits per heavy atom.